The number of ether oxygens (including phenoxy) is 1. The van der Waals surface area contributed by atoms with Crippen molar-refractivity contribution in [2.75, 3.05) is 19.7 Å². The van der Waals surface area contributed by atoms with Crippen LogP contribution >= 0.6 is 27.5 Å². The van der Waals surface area contributed by atoms with Gasteiger partial charge in [0, 0.05) is 23.4 Å². The van der Waals surface area contributed by atoms with E-state index in [2.05, 4.69) is 15.9 Å². The van der Waals surface area contributed by atoms with Crippen LogP contribution in [0, 0.1) is 6.92 Å². The first kappa shape index (κ1) is 17.2. The minimum Gasteiger partial charge on any atom is -0.373 e. The molecule has 2 rings (SSSR count). The van der Waals surface area contributed by atoms with E-state index in [1.54, 1.807) is 6.07 Å². The van der Waals surface area contributed by atoms with Crippen molar-refractivity contribution in [2.45, 2.75) is 37.1 Å². The Labute approximate surface area is 139 Å². The Morgan fingerprint density at radius 1 is 1.43 bits per heavy atom. The number of benzene rings is 1. The maximum Gasteiger partial charge on any atom is 0.244 e. The van der Waals surface area contributed by atoms with Gasteiger partial charge in [-0.15, -0.1) is 11.6 Å². The first-order valence-corrected chi connectivity index (χ1v) is 9.43. The summed E-state index contributed by atoms with van der Waals surface area (Å²) in [6.45, 7) is 6.75. The van der Waals surface area contributed by atoms with Crippen molar-refractivity contribution < 1.29 is 13.2 Å². The average Bonchev–Trinajstić information content (AvgIpc) is 2.40. The van der Waals surface area contributed by atoms with Crippen molar-refractivity contribution in [3.8, 4) is 0 Å². The molecule has 21 heavy (non-hydrogen) atoms. The van der Waals surface area contributed by atoms with Crippen molar-refractivity contribution in [1.29, 1.82) is 0 Å². The number of aryl methyl sites for hydroxylation is 1. The lowest BCUT2D eigenvalue weighted by Gasteiger charge is -2.37. The molecule has 1 aliphatic rings. The summed E-state index contributed by atoms with van der Waals surface area (Å²) in [6, 6.07) is 3.53. The molecule has 0 spiro atoms. The van der Waals surface area contributed by atoms with Gasteiger partial charge in [0.15, 0.2) is 0 Å². The Kier molecular flexibility index (Phi) is 5.05. The lowest BCUT2D eigenvalue weighted by Crippen LogP contribution is -2.50. The summed E-state index contributed by atoms with van der Waals surface area (Å²) >= 11 is 9.25. The van der Waals surface area contributed by atoms with E-state index in [-0.39, 0.29) is 10.8 Å². The molecule has 7 heteroatoms. The van der Waals surface area contributed by atoms with Gasteiger partial charge < -0.3 is 4.74 Å². The molecular formula is C14H19BrClNO3S. The summed E-state index contributed by atoms with van der Waals surface area (Å²) in [4.78, 5) is 0.274. The number of hydrogen-bond donors (Lipinski definition) is 0. The molecule has 0 aliphatic carbocycles. The lowest BCUT2D eigenvalue weighted by molar-refractivity contribution is -0.0640. The highest BCUT2D eigenvalue weighted by atomic mass is 79.9. The van der Waals surface area contributed by atoms with Gasteiger partial charge in [0.25, 0.3) is 0 Å². The van der Waals surface area contributed by atoms with Crippen LogP contribution < -0.4 is 0 Å². The molecular weight excluding hydrogens is 378 g/mol. The van der Waals surface area contributed by atoms with E-state index in [4.69, 9.17) is 16.3 Å². The third kappa shape index (κ3) is 3.62. The fourth-order valence-corrected chi connectivity index (χ4v) is 5.15. The first-order valence-electron chi connectivity index (χ1n) is 6.66. The third-order valence-electron chi connectivity index (χ3n) is 3.44. The number of hydrogen-bond acceptors (Lipinski definition) is 3. The fourth-order valence-electron chi connectivity index (χ4n) is 2.39. The normalized spacial score (nSPS) is 19.7. The van der Waals surface area contributed by atoms with E-state index in [1.807, 2.05) is 26.8 Å². The molecule has 0 N–H and O–H groups in total. The van der Waals surface area contributed by atoms with Gasteiger partial charge in [0.2, 0.25) is 10.0 Å². The number of morpholine rings is 1. The van der Waals surface area contributed by atoms with E-state index >= 15 is 0 Å². The standard InChI is InChI=1S/C14H19BrClNO3S/c1-10-6-11(8-16)7-12(13(10)15)21(18,19)17-4-5-20-14(2,3)9-17/h6-7H,4-5,8-9H2,1-3H3. The Morgan fingerprint density at radius 3 is 2.67 bits per heavy atom. The minimum atomic E-state index is -3.57. The highest BCUT2D eigenvalue weighted by Crippen LogP contribution is 2.32. The summed E-state index contributed by atoms with van der Waals surface area (Å²) in [5, 5.41) is 0. The van der Waals surface area contributed by atoms with E-state index in [9.17, 15) is 8.42 Å². The molecule has 1 heterocycles. The molecule has 0 unspecified atom stereocenters. The van der Waals surface area contributed by atoms with Gasteiger partial charge in [-0.2, -0.15) is 4.31 Å². The zero-order valence-corrected chi connectivity index (χ0v) is 15.5. The second kappa shape index (κ2) is 6.16. The van der Waals surface area contributed by atoms with Crippen LogP contribution in [0.4, 0.5) is 0 Å². The minimum absolute atomic E-state index is 0.274. The van der Waals surface area contributed by atoms with Gasteiger partial charge in [0.05, 0.1) is 17.1 Å². The molecule has 118 valence electrons. The zero-order valence-electron chi connectivity index (χ0n) is 12.3. The van der Waals surface area contributed by atoms with Crippen molar-refractivity contribution >= 4 is 37.6 Å². The van der Waals surface area contributed by atoms with Crippen molar-refractivity contribution in [2.24, 2.45) is 0 Å². The molecule has 1 aromatic carbocycles. The van der Waals surface area contributed by atoms with Crippen LogP contribution in [0.5, 0.6) is 0 Å². The molecule has 1 saturated heterocycles. The Bertz CT molecular complexity index is 646. The smallest absolute Gasteiger partial charge is 0.244 e. The molecule has 0 bridgehead atoms. The highest BCUT2D eigenvalue weighted by molar-refractivity contribution is 9.10. The predicted octanol–water partition coefficient (Wildman–Crippen LogP) is 3.30. The van der Waals surface area contributed by atoms with E-state index in [0.29, 0.717) is 24.2 Å². The second-order valence-electron chi connectivity index (χ2n) is 5.81. The van der Waals surface area contributed by atoms with Crippen LogP contribution in [0.25, 0.3) is 0 Å². The second-order valence-corrected chi connectivity index (χ2v) is 8.77. The lowest BCUT2D eigenvalue weighted by atomic mass is 10.1. The SMILES string of the molecule is Cc1cc(CCl)cc(S(=O)(=O)N2CCOC(C)(C)C2)c1Br. The first-order chi connectivity index (χ1) is 9.67. The number of sulfonamides is 1. The summed E-state index contributed by atoms with van der Waals surface area (Å²) in [5.74, 6) is 0.283. The molecule has 1 aromatic rings. The van der Waals surface area contributed by atoms with E-state index < -0.39 is 15.6 Å². The Balaban J connectivity index is 2.47. The molecule has 0 amide bonds. The summed E-state index contributed by atoms with van der Waals surface area (Å²) in [6.07, 6.45) is 0. The van der Waals surface area contributed by atoms with Crippen LogP contribution in [-0.4, -0.2) is 38.0 Å². The van der Waals surface area contributed by atoms with Gasteiger partial charge in [0.1, 0.15) is 0 Å². The van der Waals surface area contributed by atoms with Crippen LogP contribution in [0.1, 0.15) is 25.0 Å². The Hall–Kier alpha value is -0.140. The third-order valence-corrected chi connectivity index (χ3v) is 6.94. The number of nitrogens with zero attached hydrogens (tertiary/aromatic N) is 1. The molecule has 0 saturated carbocycles. The quantitative estimate of drug-likeness (QED) is 0.737. The molecule has 4 nitrogen and oxygen atoms in total. The van der Waals surface area contributed by atoms with Gasteiger partial charge in [-0.1, -0.05) is 6.07 Å². The number of halogens is 2. The molecule has 0 radical (unpaired) electrons. The number of rotatable bonds is 3. The van der Waals surface area contributed by atoms with Crippen LogP contribution in [0.2, 0.25) is 0 Å². The zero-order chi connectivity index (χ0) is 15.8. The van der Waals surface area contributed by atoms with Crippen LogP contribution in [0.15, 0.2) is 21.5 Å². The number of alkyl halides is 1. The summed E-state index contributed by atoms with van der Waals surface area (Å²) in [7, 11) is -3.57. The van der Waals surface area contributed by atoms with Crippen LogP contribution in [-0.2, 0) is 20.6 Å². The van der Waals surface area contributed by atoms with Gasteiger partial charge in [-0.25, -0.2) is 8.42 Å². The van der Waals surface area contributed by atoms with Gasteiger partial charge in [-0.3, -0.25) is 0 Å². The average molecular weight is 397 g/mol. The topological polar surface area (TPSA) is 46.6 Å². The molecule has 1 fully saturated rings. The molecule has 1 aliphatic heterocycles. The van der Waals surface area contributed by atoms with Crippen molar-refractivity contribution in [1.82, 2.24) is 4.31 Å². The van der Waals surface area contributed by atoms with Crippen molar-refractivity contribution in [3.05, 3.63) is 27.7 Å². The maximum absolute atomic E-state index is 12.9. The Morgan fingerprint density at radius 2 is 2.10 bits per heavy atom. The summed E-state index contributed by atoms with van der Waals surface area (Å²) in [5.41, 5.74) is 1.18. The summed E-state index contributed by atoms with van der Waals surface area (Å²) < 4.78 is 33.5. The fraction of sp³-hybridized carbons (Fsp3) is 0.571. The molecule has 0 atom stereocenters. The van der Waals surface area contributed by atoms with Crippen LogP contribution in [0.3, 0.4) is 0 Å². The van der Waals surface area contributed by atoms with Gasteiger partial charge >= 0.3 is 0 Å². The van der Waals surface area contributed by atoms with Gasteiger partial charge in [-0.05, 0) is 53.9 Å². The molecule has 0 aromatic heterocycles. The monoisotopic (exact) mass is 395 g/mol. The predicted molar refractivity (Wildman–Crippen MR) is 87.2 cm³/mol. The van der Waals surface area contributed by atoms with E-state index in [1.165, 1.54) is 4.31 Å². The van der Waals surface area contributed by atoms with E-state index in [0.717, 1.165) is 11.1 Å². The highest BCUT2D eigenvalue weighted by Gasteiger charge is 2.36. The largest absolute Gasteiger partial charge is 0.373 e. The van der Waals surface area contributed by atoms with Crippen molar-refractivity contribution in [3.63, 3.8) is 0 Å². The maximum atomic E-state index is 12.9.